The molecular weight excluding hydrogens is 304 g/mol. The average molecular weight is 323 g/mol. The van der Waals surface area contributed by atoms with Crippen LogP contribution < -0.4 is 0 Å². The maximum Gasteiger partial charge on any atom is 0.194 e. The van der Waals surface area contributed by atoms with Crippen LogP contribution in [-0.2, 0) is 6.42 Å². The molecule has 0 fully saturated rings. The summed E-state index contributed by atoms with van der Waals surface area (Å²) in [6.07, 6.45) is 1.81. The monoisotopic (exact) mass is 322 g/mol. The van der Waals surface area contributed by atoms with Crippen LogP contribution in [-0.4, -0.2) is 19.9 Å². The Kier molecular flexibility index (Phi) is 5.17. The van der Waals surface area contributed by atoms with E-state index in [2.05, 4.69) is 26.9 Å². The van der Waals surface area contributed by atoms with E-state index in [9.17, 15) is 0 Å². The first-order chi connectivity index (χ1) is 9.92. The van der Waals surface area contributed by atoms with Crippen LogP contribution in [0.2, 0.25) is 5.15 Å². The summed E-state index contributed by atoms with van der Waals surface area (Å²) in [4.78, 5) is 17.9. The van der Waals surface area contributed by atoms with Crippen molar-refractivity contribution in [2.24, 2.45) is 0 Å². The highest BCUT2D eigenvalue weighted by Gasteiger charge is 2.13. The summed E-state index contributed by atoms with van der Waals surface area (Å²) in [5, 5.41) is 2.05. The second kappa shape index (κ2) is 6.71. The molecule has 0 radical (unpaired) electrons. The van der Waals surface area contributed by atoms with Crippen LogP contribution in [0.1, 0.15) is 41.7 Å². The molecule has 0 aliphatic carbocycles. The quantitative estimate of drug-likeness (QED) is 0.622. The molecule has 2 aromatic rings. The minimum absolute atomic E-state index is 0.511. The van der Waals surface area contributed by atoms with Gasteiger partial charge in [0.25, 0.3) is 0 Å². The number of rotatable bonds is 4. The molecule has 0 amide bonds. The molecule has 0 aliphatic heterocycles. The van der Waals surface area contributed by atoms with Gasteiger partial charge in [0.2, 0.25) is 0 Å². The maximum atomic E-state index is 6.20. The lowest BCUT2D eigenvalue weighted by molar-refractivity contribution is 0.798. The second-order valence-corrected chi connectivity index (χ2v) is 6.33. The van der Waals surface area contributed by atoms with Crippen molar-refractivity contribution in [1.29, 1.82) is 0 Å². The fraction of sp³-hybridized carbons (Fsp3) is 0.467. The molecule has 6 heteroatoms. The molecule has 112 valence electrons. The fourth-order valence-electron chi connectivity index (χ4n) is 1.82. The Morgan fingerprint density at radius 2 is 1.52 bits per heavy atom. The van der Waals surface area contributed by atoms with E-state index in [-0.39, 0.29) is 0 Å². The van der Waals surface area contributed by atoms with E-state index >= 15 is 0 Å². The van der Waals surface area contributed by atoms with Crippen LogP contribution in [0.5, 0.6) is 0 Å². The molecule has 0 bridgehead atoms. The van der Waals surface area contributed by atoms with Crippen LogP contribution in [0.3, 0.4) is 0 Å². The number of nitrogens with zero attached hydrogens (tertiary/aromatic N) is 4. The van der Waals surface area contributed by atoms with E-state index in [0.717, 1.165) is 46.2 Å². The molecule has 4 nitrogen and oxygen atoms in total. The lowest BCUT2D eigenvalue weighted by Crippen LogP contribution is -2.02. The van der Waals surface area contributed by atoms with Crippen LogP contribution in [0.4, 0.5) is 0 Å². The molecule has 0 saturated carbocycles. The van der Waals surface area contributed by atoms with Crippen molar-refractivity contribution in [1.82, 2.24) is 19.9 Å². The third-order valence-corrected chi connectivity index (χ3v) is 4.69. The summed E-state index contributed by atoms with van der Waals surface area (Å²) >= 11 is 7.65. The van der Waals surface area contributed by atoms with Crippen molar-refractivity contribution >= 4 is 23.4 Å². The third-order valence-electron chi connectivity index (χ3n) is 3.36. The Bertz CT molecular complexity index is 650. The topological polar surface area (TPSA) is 51.6 Å². The van der Waals surface area contributed by atoms with Gasteiger partial charge in [0.15, 0.2) is 5.16 Å². The zero-order valence-electron chi connectivity index (χ0n) is 13.0. The highest BCUT2D eigenvalue weighted by molar-refractivity contribution is 7.99. The molecule has 0 aliphatic rings. The molecular formula is C15H19ClN4S. The van der Waals surface area contributed by atoms with Gasteiger partial charge >= 0.3 is 0 Å². The fourth-order valence-corrected chi connectivity index (χ4v) is 3.00. The summed E-state index contributed by atoms with van der Waals surface area (Å²) in [7, 11) is 0. The zero-order valence-corrected chi connectivity index (χ0v) is 14.6. The van der Waals surface area contributed by atoms with Gasteiger partial charge in [-0.2, -0.15) is 0 Å². The lowest BCUT2D eigenvalue weighted by atomic mass is 10.2. The molecule has 0 aromatic carbocycles. The summed E-state index contributed by atoms with van der Waals surface area (Å²) in [5.74, 6) is 0.774. The molecule has 0 atom stereocenters. The van der Waals surface area contributed by atoms with Gasteiger partial charge in [0.05, 0.1) is 0 Å². The van der Waals surface area contributed by atoms with Crippen LogP contribution >= 0.6 is 23.4 Å². The van der Waals surface area contributed by atoms with Gasteiger partial charge in [0, 0.05) is 23.4 Å². The number of halogens is 1. The lowest BCUT2D eigenvalue weighted by Gasteiger charge is -2.09. The van der Waals surface area contributed by atoms with Crippen molar-refractivity contribution in [3.63, 3.8) is 0 Å². The predicted molar refractivity (Wildman–Crippen MR) is 86.1 cm³/mol. The SMILES string of the molecule is CCCc1nc(Cl)c(C)c(Sc2nc(C)c(C)c(C)n2)n1. The van der Waals surface area contributed by atoms with E-state index in [1.165, 1.54) is 11.8 Å². The first-order valence-corrected chi connectivity index (χ1v) is 8.14. The smallest absolute Gasteiger partial charge is 0.194 e. The molecule has 2 aromatic heterocycles. The zero-order chi connectivity index (χ0) is 15.6. The van der Waals surface area contributed by atoms with Gasteiger partial charge in [0.1, 0.15) is 16.0 Å². The van der Waals surface area contributed by atoms with Gasteiger partial charge in [-0.25, -0.2) is 19.9 Å². The molecule has 0 N–H and O–H groups in total. The van der Waals surface area contributed by atoms with Gasteiger partial charge < -0.3 is 0 Å². The Morgan fingerprint density at radius 1 is 0.905 bits per heavy atom. The van der Waals surface area contributed by atoms with Crippen molar-refractivity contribution in [3.8, 4) is 0 Å². The summed E-state index contributed by atoms with van der Waals surface area (Å²) in [5.41, 5.74) is 4.00. The van der Waals surface area contributed by atoms with Gasteiger partial charge in [-0.3, -0.25) is 0 Å². The maximum absolute atomic E-state index is 6.20. The van der Waals surface area contributed by atoms with Gasteiger partial charge in [-0.1, -0.05) is 18.5 Å². The van der Waals surface area contributed by atoms with Crippen molar-refractivity contribution < 1.29 is 0 Å². The number of hydrogen-bond donors (Lipinski definition) is 0. The van der Waals surface area contributed by atoms with Crippen LogP contribution in [0.25, 0.3) is 0 Å². The normalized spacial score (nSPS) is 11.0. The molecule has 0 unspecified atom stereocenters. The highest BCUT2D eigenvalue weighted by Crippen LogP contribution is 2.30. The van der Waals surface area contributed by atoms with Crippen LogP contribution in [0, 0.1) is 27.7 Å². The van der Waals surface area contributed by atoms with E-state index in [0.29, 0.717) is 10.3 Å². The Morgan fingerprint density at radius 3 is 2.10 bits per heavy atom. The van der Waals surface area contributed by atoms with Crippen molar-refractivity contribution in [3.05, 3.63) is 33.5 Å². The van der Waals surface area contributed by atoms with Gasteiger partial charge in [-0.05, 0) is 51.4 Å². The summed E-state index contributed by atoms with van der Waals surface area (Å²) in [6.45, 7) is 10.0. The van der Waals surface area contributed by atoms with E-state index in [1.54, 1.807) is 0 Å². The summed E-state index contributed by atoms with van der Waals surface area (Å²) in [6, 6.07) is 0. The molecule has 0 saturated heterocycles. The first kappa shape index (κ1) is 16.2. The Balaban J connectivity index is 2.39. The Labute approximate surface area is 134 Å². The second-order valence-electron chi connectivity index (χ2n) is 5.01. The third kappa shape index (κ3) is 3.71. The summed E-state index contributed by atoms with van der Waals surface area (Å²) < 4.78 is 0. The van der Waals surface area contributed by atoms with E-state index in [4.69, 9.17) is 11.6 Å². The number of aromatic nitrogens is 4. The van der Waals surface area contributed by atoms with Crippen LogP contribution in [0.15, 0.2) is 10.2 Å². The molecule has 21 heavy (non-hydrogen) atoms. The average Bonchev–Trinajstić information content (AvgIpc) is 2.42. The minimum Gasteiger partial charge on any atom is -0.227 e. The minimum atomic E-state index is 0.511. The largest absolute Gasteiger partial charge is 0.227 e. The standard InChI is InChI=1S/C15H19ClN4S/c1-6-7-12-19-13(16)9(3)14(20-12)21-15-17-10(4)8(2)11(5)18-15/h6-7H2,1-5H3. The highest BCUT2D eigenvalue weighted by atomic mass is 35.5. The molecule has 0 spiro atoms. The van der Waals surface area contributed by atoms with Crippen molar-refractivity contribution in [2.75, 3.05) is 0 Å². The molecule has 2 heterocycles. The molecule has 2 rings (SSSR count). The number of aryl methyl sites for hydroxylation is 3. The van der Waals surface area contributed by atoms with Crippen molar-refractivity contribution in [2.45, 2.75) is 57.6 Å². The first-order valence-electron chi connectivity index (χ1n) is 6.95. The van der Waals surface area contributed by atoms with Gasteiger partial charge in [-0.15, -0.1) is 0 Å². The predicted octanol–water partition coefficient (Wildman–Crippen LogP) is 4.26. The Hall–Kier alpha value is -1.20. The van der Waals surface area contributed by atoms with E-state index < -0.39 is 0 Å². The number of hydrogen-bond acceptors (Lipinski definition) is 5. The van der Waals surface area contributed by atoms with E-state index in [1.807, 2.05) is 27.7 Å².